The Bertz CT molecular complexity index is 1040. The summed E-state index contributed by atoms with van der Waals surface area (Å²) in [6, 6.07) is 5.10. The van der Waals surface area contributed by atoms with Crippen LogP contribution in [0.3, 0.4) is 0 Å². The molecular weight excluding hydrogens is 505 g/mol. The molecule has 39 heavy (non-hydrogen) atoms. The molecule has 3 aliphatic rings. The number of carbonyl (C=O) groups is 2. The van der Waals surface area contributed by atoms with Crippen LogP contribution in [0, 0.1) is 17.3 Å². The van der Waals surface area contributed by atoms with Crippen LogP contribution < -0.4 is 0 Å². The Balaban J connectivity index is 1.57. The molecule has 3 aliphatic heterocycles. The Hall–Kier alpha value is -2.20. The van der Waals surface area contributed by atoms with E-state index in [0.717, 1.165) is 6.42 Å². The average molecular weight is 548 g/mol. The van der Waals surface area contributed by atoms with Gasteiger partial charge in [-0.2, -0.15) is 0 Å². The van der Waals surface area contributed by atoms with Crippen molar-refractivity contribution < 1.29 is 38.4 Å². The molecule has 3 fully saturated rings. The summed E-state index contributed by atoms with van der Waals surface area (Å²) < 4.78 is 32.2. The molecule has 0 spiro atoms. The van der Waals surface area contributed by atoms with Crippen LogP contribution in [0.4, 0.5) is 4.39 Å². The normalized spacial score (nSPS) is 38.0. The molecule has 0 amide bonds. The molecule has 0 aromatic carbocycles. The van der Waals surface area contributed by atoms with E-state index in [1.807, 2.05) is 13.8 Å². The highest BCUT2D eigenvalue weighted by Crippen LogP contribution is 2.45. The van der Waals surface area contributed by atoms with Crippen LogP contribution in [0.5, 0.6) is 0 Å². The van der Waals surface area contributed by atoms with Gasteiger partial charge in [0.15, 0.2) is 6.10 Å². The third-order valence-corrected chi connectivity index (χ3v) is 8.71. The van der Waals surface area contributed by atoms with Crippen molar-refractivity contribution >= 4 is 17.8 Å². The summed E-state index contributed by atoms with van der Waals surface area (Å²) >= 11 is 0. The predicted molar refractivity (Wildman–Crippen MR) is 142 cm³/mol. The van der Waals surface area contributed by atoms with Gasteiger partial charge >= 0.3 is 5.97 Å². The molecule has 0 bridgehead atoms. The number of cyclic esters (lactones) is 1. The standard InChI is InChI=1S/C30H42FNO7/c1-18-8-7-12-30(4)25(39-30)15-23(22(31)14-19-9-5-6-13-32-19)38-26(34)16-24(33)29(2,3)28(36)21(27(18)35)11-10-20-17-37-20/h5-6,9,13-14,18,20-21,23-25,27,33,35H,7-8,10-12,15-17H2,1-4H3. The number of esters is 1. The number of halogens is 1. The number of ketones is 1. The summed E-state index contributed by atoms with van der Waals surface area (Å²) in [4.78, 5) is 30.8. The lowest BCUT2D eigenvalue weighted by atomic mass is 9.71. The lowest BCUT2D eigenvalue weighted by Gasteiger charge is -2.36. The van der Waals surface area contributed by atoms with Gasteiger partial charge < -0.3 is 24.4 Å². The van der Waals surface area contributed by atoms with Gasteiger partial charge in [0, 0.05) is 18.5 Å². The molecule has 0 aliphatic carbocycles. The van der Waals surface area contributed by atoms with Crippen molar-refractivity contribution in [1.82, 2.24) is 4.98 Å². The lowest BCUT2D eigenvalue weighted by Crippen LogP contribution is -2.47. The number of pyridine rings is 1. The highest BCUT2D eigenvalue weighted by Gasteiger charge is 2.53. The van der Waals surface area contributed by atoms with Gasteiger partial charge in [-0.25, -0.2) is 4.39 Å². The number of nitrogens with zero attached hydrogens (tertiary/aromatic N) is 1. The van der Waals surface area contributed by atoms with Gasteiger partial charge in [-0.1, -0.05) is 33.3 Å². The molecule has 8 unspecified atom stereocenters. The number of aromatic nitrogens is 1. The molecule has 4 rings (SSSR count). The number of fused-ring (bicyclic) bond motifs is 1. The molecule has 9 heteroatoms. The zero-order chi connectivity index (χ0) is 28.4. The fraction of sp³-hybridized carbons (Fsp3) is 0.700. The summed E-state index contributed by atoms with van der Waals surface area (Å²) in [6.07, 6.45) is 1.94. The highest BCUT2D eigenvalue weighted by atomic mass is 19.1. The summed E-state index contributed by atoms with van der Waals surface area (Å²) in [5.41, 5.74) is -1.43. The Labute approximate surface area is 229 Å². The molecule has 2 N–H and O–H groups in total. The lowest BCUT2D eigenvalue weighted by molar-refractivity contribution is -0.155. The van der Waals surface area contributed by atoms with Crippen molar-refractivity contribution in [2.45, 2.75) is 109 Å². The van der Waals surface area contributed by atoms with Crippen LogP contribution in [0.2, 0.25) is 0 Å². The van der Waals surface area contributed by atoms with Crippen LogP contribution in [0.15, 0.2) is 30.2 Å². The Morgan fingerprint density at radius 2 is 1.95 bits per heavy atom. The summed E-state index contributed by atoms with van der Waals surface area (Å²) in [6.45, 7) is 7.70. The van der Waals surface area contributed by atoms with Gasteiger partial charge in [-0.3, -0.25) is 14.6 Å². The van der Waals surface area contributed by atoms with E-state index in [4.69, 9.17) is 14.2 Å². The third-order valence-electron chi connectivity index (χ3n) is 8.71. The zero-order valence-electron chi connectivity index (χ0n) is 23.3. The first kappa shape index (κ1) is 29.8. The Morgan fingerprint density at radius 3 is 2.62 bits per heavy atom. The second kappa shape index (κ2) is 12.1. The van der Waals surface area contributed by atoms with E-state index in [2.05, 4.69) is 4.98 Å². The number of ether oxygens (including phenoxy) is 3. The molecule has 4 heterocycles. The number of hydrogen-bond acceptors (Lipinski definition) is 8. The maximum absolute atomic E-state index is 15.4. The van der Waals surface area contributed by atoms with Crippen molar-refractivity contribution in [3.8, 4) is 0 Å². The highest BCUT2D eigenvalue weighted by molar-refractivity contribution is 5.88. The molecule has 3 saturated heterocycles. The van der Waals surface area contributed by atoms with Gasteiger partial charge in [0.05, 0.1) is 54.2 Å². The van der Waals surface area contributed by atoms with Crippen LogP contribution in [0.1, 0.15) is 78.3 Å². The molecule has 0 saturated carbocycles. The van der Waals surface area contributed by atoms with E-state index >= 15 is 4.39 Å². The first-order valence-corrected chi connectivity index (χ1v) is 14.1. The molecular formula is C30H42FNO7. The fourth-order valence-corrected chi connectivity index (χ4v) is 5.58. The first-order valence-electron chi connectivity index (χ1n) is 14.1. The third kappa shape index (κ3) is 7.51. The largest absolute Gasteiger partial charge is 0.455 e. The minimum atomic E-state index is -1.38. The molecule has 0 radical (unpaired) electrons. The van der Waals surface area contributed by atoms with Crippen LogP contribution in [-0.4, -0.2) is 69.7 Å². The fourth-order valence-electron chi connectivity index (χ4n) is 5.58. The maximum atomic E-state index is 15.4. The van der Waals surface area contributed by atoms with Gasteiger partial charge in [0.2, 0.25) is 0 Å². The predicted octanol–water partition coefficient (Wildman–Crippen LogP) is 4.17. The second-order valence-electron chi connectivity index (χ2n) is 12.2. The van der Waals surface area contributed by atoms with Crippen molar-refractivity contribution in [3.05, 3.63) is 35.9 Å². The summed E-state index contributed by atoms with van der Waals surface area (Å²) in [7, 11) is 0. The molecule has 1 aromatic heterocycles. The number of aliphatic hydroxyl groups excluding tert-OH is 2. The number of Topliss-reactive ketones (excluding diaryl/α,β-unsaturated/α-hetero) is 1. The van der Waals surface area contributed by atoms with Crippen molar-refractivity contribution in [2.24, 2.45) is 17.3 Å². The number of carbonyl (C=O) groups excluding carboxylic acids is 2. The topological polar surface area (TPSA) is 122 Å². The van der Waals surface area contributed by atoms with E-state index in [1.54, 1.807) is 38.2 Å². The second-order valence-corrected chi connectivity index (χ2v) is 12.2. The van der Waals surface area contributed by atoms with E-state index in [9.17, 15) is 19.8 Å². The van der Waals surface area contributed by atoms with Crippen molar-refractivity contribution in [3.63, 3.8) is 0 Å². The number of hydrogen-bond donors (Lipinski definition) is 2. The first-order chi connectivity index (χ1) is 18.4. The van der Waals surface area contributed by atoms with Crippen LogP contribution in [0.25, 0.3) is 6.08 Å². The summed E-state index contributed by atoms with van der Waals surface area (Å²) in [5, 5.41) is 22.3. The number of aliphatic hydroxyl groups is 2. The summed E-state index contributed by atoms with van der Waals surface area (Å²) in [5.74, 6) is -2.64. The van der Waals surface area contributed by atoms with Gasteiger partial charge in [0.25, 0.3) is 0 Å². The van der Waals surface area contributed by atoms with Crippen LogP contribution >= 0.6 is 0 Å². The average Bonchev–Trinajstić information content (AvgIpc) is 3.81. The minimum Gasteiger partial charge on any atom is -0.455 e. The van der Waals surface area contributed by atoms with Crippen LogP contribution in [-0.2, 0) is 23.8 Å². The minimum absolute atomic E-state index is 0.0959. The number of epoxide rings is 2. The van der Waals surface area contributed by atoms with Crippen molar-refractivity contribution in [2.75, 3.05) is 6.61 Å². The smallest absolute Gasteiger partial charge is 0.309 e. The van der Waals surface area contributed by atoms with Crippen molar-refractivity contribution in [1.29, 1.82) is 0 Å². The number of rotatable bonds is 5. The van der Waals surface area contributed by atoms with E-state index in [-0.39, 0.29) is 30.3 Å². The molecule has 8 atom stereocenters. The van der Waals surface area contributed by atoms with Gasteiger partial charge in [-0.15, -0.1) is 0 Å². The van der Waals surface area contributed by atoms with E-state index in [1.165, 1.54) is 6.08 Å². The van der Waals surface area contributed by atoms with Gasteiger partial charge in [-0.05, 0) is 56.7 Å². The monoisotopic (exact) mass is 547 g/mol. The van der Waals surface area contributed by atoms with E-state index in [0.29, 0.717) is 38.0 Å². The van der Waals surface area contributed by atoms with E-state index < -0.39 is 53.5 Å². The maximum Gasteiger partial charge on any atom is 0.309 e. The molecule has 1 aromatic rings. The zero-order valence-corrected chi connectivity index (χ0v) is 23.3. The molecule has 8 nitrogen and oxygen atoms in total. The Kier molecular flexibility index (Phi) is 9.26. The quantitative estimate of drug-likeness (QED) is 0.416. The Morgan fingerprint density at radius 1 is 1.21 bits per heavy atom. The SMILES string of the molecule is CC1CCCC2(C)OC2CC(C(F)=Cc2ccccn2)OC(=O)CC(O)C(C)(C)C(=O)C(CCC2CO2)C1O. The molecule has 216 valence electrons. The van der Waals surface area contributed by atoms with Gasteiger partial charge in [0.1, 0.15) is 11.6 Å².